The molecule has 3 aromatic rings. The fourth-order valence-corrected chi connectivity index (χ4v) is 5.56. The van der Waals surface area contributed by atoms with E-state index in [9.17, 15) is 9.59 Å². The molecular formula is C28H34N4O2. The van der Waals surface area contributed by atoms with E-state index in [1.165, 1.54) is 6.42 Å². The summed E-state index contributed by atoms with van der Waals surface area (Å²) in [6.07, 6.45) is 3.31. The number of benzene rings is 2. The standard InChI is InChI=1S/C28H34N4O2/c1-18-12-14-21(15-13-18)16-32-26(33)25-29-23-9-5-6-11-24(23)31(25)17-28(32,4)27(34)30-22-10-7-8-19(2)20(22)3/h5-6,9,11-15,19-20,22H,7-8,10,16-17H2,1-4H3,(H,30,34)/t19-,20+,22+,28+/m0/s1. The SMILES string of the molecule is Cc1ccc(CN2C(=O)c3nc4ccccc4n3C[C@]2(C)C(=O)N[C@@H]2CCC[C@H](C)[C@H]2C)cc1. The van der Waals surface area contributed by atoms with Gasteiger partial charge in [0.25, 0.3) is 5.91 Å². The molecule has 1 aromatic heterocycles. The zero-order valence-corrected chi connectivity index (χ0v) is 20.5. The smallest absolute Gasteiger partial charge is 0.291 e. The van der Waals surface area contributed by atoms with Gasteiger partial charge in [0.15, 0.2) is 5.82 Å². The summed E-state index contributed by atoms with van der Waals surface area (Å²) in [5.74, 6) is 1.11. The Bertz CT molecular complexity index is 1230. The van der Waals surface area contributed by atoms with Crippen LogP contribution in [0.2, 0.25) is 0 Å². The van der Waals surface area contributed by atoms with Crippen LogP contribution in [0.1, 0.15) is 61.8 Å². The van der Waals surface area contributed by atoms with Crippen LogP contribution in [0, 0.1) is 18.8 Å². The molecule has 1 saturated carbocycles. The Morgan fingerprint density at radius 2 is 1.85 bits per heavy atom. The van der Waals surface area contributed by atoms with E-state index in [0.717, 1.165) is 35.0 Å². The number of imidazole rings is 1. The number of aryl methyl sites for hydroxylation is 1. The van der Waals surface area contributed by atoms with Crippen molar-refractivity contribution in [1.29, 1.82) is 0 Å². The first-order chi connectivity index (χ1) is 16.3. The van der Waals surface area contributed by atoms with E-state index in [4.69, 9.17) is 0 Å². The molecule has 0 radical (unpaired) electrons. The van der Waals surface area contributed by atoms with Crippen LogP contribution in [0.15, 0.2) is 48.5 Å². The van der Waals surface area contributed by atoms with Gasteiger partial charge in [-0.25, -0.2) is 4.98 Å². The lowest BCUT2D eigenvalue weighted by molar-refractivity contribution is -0.134. The molecule has 34 heavy (non-hydrogen) atoms. The zero-order chi connectivity index (χ0) is 24.0. The van der Waals surface area contributed by atoms with Gasteiger partial charge in [0.1, 0.15) is 5.54 Å². The van der Waals surface area contributed by atoms with Gasteiger partial charge in [-0.1, -0.05) is 68.7 Å². The van der Waals surface area contributed by atoms with Gasteiger partial charge in [-0.05, 0) is 49.8 Å². The third-order valence-corrected chi connectivity index (χ3v) is 8.13. The molecule has 6 nitrogen and oxygen atoms in total. The summed E-state index contributed by atoms with van der Waals surface area (Å²) in [7, 11) is 0. The second kappa shape index (κ2) is 8.57. The topological polar surface area (TPSA) is 67.2 Å². The lowest BCUT2D eigenvalue weighted by Gasteiger charge is -2.45. The summed E-state index contributed by atoms with van der Waals surface area (Å²) >= 11 is 0. The Morgan fingerprint density at radius 1 is 1.12 bits per heavy atom. The molecule has 2 amide bonds. The number of fused-ring (bicyclic) bond motifs is 3. The highest BCUT2D eigenvalue weighted by Gasteiger charge is 2.49. The highest BCUT2D eigenvalue weighted by atomic mass is 16.2. The molecule has 0 unspecified atom stereocenters. The highest BCUT2D eigenvalue weighted by molar-refractivity contribution is 6.01. The van der Waals surface area contributed by atoms with Gasteiger partial charge in [0.2, 0.25) is 5.91 Å². The average Bonchev–Trinajstić information content (AvgIpc) is 3.19. The molecule has 2 heterocycles. The Morgan fingerprint density at radius 3 is 2.62 bits per heavy atom. The minimum atomic E-state index is -1.03. The second-order valence-corrected chi connectivity index (χ2v) is 10.5. The monoisotopic (exact) mass is 458 g/mol. The van der Waals surface area contributed by atoms with Crippen LogP contribution >= 0.6 is 0 Å². The van der Waals surface area contributed by atoms with Gasteiger partial charge in [0, 0.05) is 12.6 Å². The molecule has 0 spiro atoms. The summed E-state index contributed by atoms with van der Waals surface area (Å²) in [5, 5.41) is 3.36. The van der Waals surface area contributed by atoms with Crippen molar-refractivity contribution in [1.82, 2.24) is 19.8 Å². The quantitative estimate of drug-likeness (QED) is 0.616. The Labute approximate surface area is 201 Å². The lowest BCUT2D eigenvalue weighted by atomic mass is 9.77. The van der Waals surface area contributed by atoms with E-state index in [1.807, 2.05) is 66.9 Å². The van der Waals surface area contributed by atoms with Crippen LogP contribution in [0.25, 0.3) is 11.0 Å². The maximum atomic E-state index is 14.0. The van der Waals surface area contributed by atoms with Crippen molar-refractivity contribution in [2.24, 2.45) is 11.8 Å². The second-order valence-electron chi connectivity index (χ2n) is 10.5. The van der Waals surface area contributed by atoms with Crippen molar-refractivity contribution in [3.63, 3.8) is 0 Å². The van der Waals surface area contributed by atoms with E-state index in [-0.39, 0.29) is 17.9 Å². The minimum absolute atomic E-state index is 0.0812. The van der Waals surface area contributed by atoms with Crippen molar-refractivity contribution >= 4 is 22.8 Å². The van der Waals surface area contributed by atoms with Gasteiger partial charge in [-0.3, -0.25) is 9.59 Å². The molecule has 1 fully saturated rings. The Kier molecular flexibility index (Phi) is 5.70. The maximum Gasteiger partial charge on any atom is 0.291 e. The Hall–Kier alpha value is -3.15. The lowest BCUT2D eigenvalue weighted by Crippen LogP contribution is -2.65. The largest absolute Gasteiger partial charge is 0.351 e. The van der Waals surface area contributed by atoms with E-state index in [1.54, 1.807) is 4.90 Å². The molecule has 1 N–H and O–H groups in total. The number of hydrogen-bond donors (Lipinski definition) is 1. The van der Waals surface area contributed by atoms with Crippen LogP contribution in [-0.4, -0.2) is 37.8 Å². The molecule has 4 atom stereocenters. The van der Waals surface area contributed by atoms with Crippen molar-refractivity contribution < 1.29 is 9.59 Å². The fraction of sp³-hybridized carbons (Fsp3) is 0.464. The number of aromatic nitrogens is 2. The van der Waals surface area contributed by atoms with Crippen molar-refractivity contribution in [2.75, 3.05) is 0 Å². The number of carbonyl (C=O) groups excluding carboxylic acids is 2. The van der Waals surface area contributed by atoms with E-state index >= 15 is 0 Å². The number of hydrogen-bond acceptors (Lipinski definition) is 3. The molecule has 6 heteroatoms. The minimum Gasteiger partial charge on any atom is -0.351 e. The number of carbonyl (C=O) groups is 2. The molecule has 0 saturated heterocycles. The van der Waals surface area contributed by atoms with E-state index in [0.29, 0.717) is 30.7 Å². The van der Waals surface area contributed by atoms with Gasteiger partial charge in [0.05, 0.1) is 17.6 Å². The van der Waals surface area contributed by atoms with Crippen LogP contribution in [0.3, 0.4) is 0 Å². The van der Waals surface area contributed by atoms with Crippen molar-refractivity contribution in [3.8, 4) is 0 Å². The number of para-hydroxylation sites is 2. The predicted molar refractivity (Wildman–Crippen MR) is 133 cm³/mol. The summed E-state index contributed by atoms with van der Waals surface area (Å²) in [6, 6.07) is 16.0. The van der Waals surface area contributed by atoms with Crippen molar-refractivity contribution in [2.45, 2.75) is 71.6 Å². The average molecular weight is 459 g/mol. The number of nitrogens with one attached hydrogen (secondary N) is 1. The molecule has 178 valence electrons. The first kappa shape index (κ1) is 22.6. The molecule has 1 aliphatic heterocycles. The number of rotatable bonds is 4. The van der Waals surface area contributed by atoms with Crippen molar-refractivity contribution in [3.05, 3.63) is 65.5 Å². The van der Waals surface area contributed by atoms with E-state index in [2.05, 4.69) is 24.1 Å². The fourth-order valence-electron chi connectivity index (χ4n) is 5.56. The zero-order valence-electron chi connectivity index (χ0n) is 20.5. The van der Waals surface area contributed by atoms with Gasteiger partial charge >= 0.3 is 0 Å². The molecular weight excluding hydrogens is 424 g/mol. The van der Waals surface area contributed by atoms with Gasteiger partial charge in [-0.15, -0.1) is 0 Å². The van der Waals surface area contributed by atoms with Crippen LogP contribution in [0.4, 0.5) is 0 Å². The third kappa shape index (κ3) is 3.79. The molecule has 2 aliphatic rings. The molecule has 2 aromatic carbocycles. The Balaban J connectivity index is 1.54. The summed E-state index contributed by atoms with van der Waals surface area (Å²) < 4.78 is 1.93. The molecule has 1 aliphatic carbocycles. The summed E-state index contributed by atoms with van der Waals surface area (Å²) in [4.78, 5) is 34.2. The van der Waals surface area contributed by atoms with Crippen LogP contribution < -0.4 is 5.32 Å². The number of amides is 2. The predicted octanol–water partition coefficient (Wildman–Crippen LogP) is 4.70. The third-order valence-electron chi connectivity index (χ3n) is 8.13. The van der Waals surface area contributed by atoms with Crippen LogP contribution in [-0.2, 0) is 17.9 Å². The first-order valence-corrected chi connectivity index (χ1v) is 12.4. The first-order valence-electron chi connectivity index (χ1n) is 12.4. The van der Waals surface area contributed by atoms with E-state index < -0.39 is 5.54 Å². The normalized spacial score (nSPS) is 27.0. The number of nitrogens with zero attached hydrogens (tertiary/aromatic N) is 3. The van der Waals surface area contributed by atoms with Gasteiger partial charge < -0.3 is 14.8 Å². The highest BCUT2D eigenvalue weighted by Crippen LogP contribution is 2.34. The summed E-state index contributed by atoms with van der Waals surface area (Å²) in [5.41, 5.74) is 2.80. The molecule has 5 rings (SSSR count). The van der Waals surface area contributed by atoms with Crippen LogP contribution in [0.5, 0.6) is 0 Å². The van der Waals surface area contributed by atoms with Gasteiger partial charge in [-0.2, -0.15) is 0 Å². The molecule has 0 bridgehead atoms. The maximum absolute atomic E-state index is 14.0. The summed E-state index contributed by atoms with van der Waals surface area (Å²) in [6.45, 7) is 9.19.